The lowest BCUT2D eigenvalue weighted by molar-refractivity contribution is 1.59. The number of allylic oxidation sites excluding steroid dienone is 1. The number of hydrogen-bond acceptors (Lipinski definition) is 1. The number of thioether (sulfide) groups is 1. The van der Waals surface area contributed by atoms with Crippen molar-refractivity contribution < 1.29 is 0 Å². The highest BCUT2D eigenvalue weighted by atomic mass is 35.5. The van der Waals surface area contributed by atoms with Gasteiger partial charge in [-0.3, -0.25) is 0 Å². The van der Waals surface area contributed by atoms with E-state index in [-0.39, 0.29) is 0 Å². The van der Waals surface area contributed by atoms with Crippen LogP contribution in [-0.2, 0) is 0 Å². The van der Waals surface area contributed by atoms with Gasteiger partial charge in [0.2, 0.25) is 0 Å². The lowest BCUT2D eigenvalue weighted by Crippen LogP contribution is -1.72. The normalized spacial score (nSPS) is 12.1. The third-order valence-electron chi connectivity index (χ3n) is 0.627. The van der Waals surface area contributed by atoms with Gasteiger partial charge in [-0.2, -0.15) is 11.8 Å². The van der Waals surface area contributed by atoms with E-state index in [2.05, 4.69) is 6.92 Å². The van der Waals surface area contributed by atoms with Crippen molar-refractivity contribution in [2.24, 2.45) is 0 Å². The number of hydrogen-bond donors (Lipinski definition) is 0. The van der Waals surface area contributed by atoms with E-state index in [9.17, 15) is 0 Å². The van der Waals surface area contributed by atoms with Crippen molar-refractivity contribution in [3.63, 3.8) is 0 Å². The standard InChI is InChI=1S/C6H10ClS/c1-3-8-5-4-6(2)7/h4H,1,3,5H2,2H3/b6-4-. The first-order valence-electron chi connectivity index (χ1n) is 2.46. The Bertz CT molecular complexity index is 74.6. The Balaban J connectivity index is 3.03. The van der Waals surface area contributed by atoms with Crippen LogP contribution in [0.25, 0.3) is 0 Å². The van der Waals surface area contributed by atoms with Gasteiger partial charge in [0.1, 0.15) is 0 Å². The summed E-state index contributed by atoms with van der Waals surface area (Å²) < 4.78 is 0. The minimum Gasteiger partial charge on any atom is -0.158 e. The second kappa shape index (κ2) is 5.52. The smallest absolute Gasteiger partial charge is 0.0127 e. The van der Waals surface area contributed by atoms with E-state index < -0.39 is 0 Å². The number of rotatable bonds is 3. The molecule has 47 valence electrons. The average molecular weight is 150 g/mol. The van der Waals surface area contributed by atoms with E-state index in [4.69, 9.17) is 11.6 Å². The zero-order chi connectivity index (χ0) is 6.41. The molecule has 0 atom stereocenters. The summed E-state index contributed by atoms with van der Waals surface area (Å²) in [5, 5.41) is 0.867. The predicted molar refractivity (Wildman–Crippen MR) is 42.3 cm³/mol. The molecule has 0 spiro atoms. The van der Waals surface area contributed by atoms with E-state index in [1.165, 1.54) is 0 Å². The first kappa shape index (κ1) is 8.38. The van der Waals surface area contributed by atoms with Gasteiger partial charge >= 0.3 is 0 Å². The Labute approximate surface area is 60.3 Å². The van der Waals surface area contributed by atoms with Gasteiger partial charge in [0, 0.05) is 10.8 Å². The molecule has 0 saturated heterocycles. The van der Waals surface area contributed by atoms with Gasteiger partial charge in [0.05, 0.1) is 0 Å². The minimum absolute atomic E-state index is 0.867. The molecule has 2 heteroatoms. The summed E-state index contributed by atoms with van der Waals surface area (Å²) in [4.78, 5) is 0. The molecule has 0 aromatic rings. The van der Waals surface area contributed by atoms with Crippen LogP contribution in [-0.4, -0.2) is 11.5 Å². The lowest BCUT2D eigenvalue weighted by Gasteiger charge is -1.87. The first-order chi connectivity index (χ1) is 3.77. The van der Waals surface area contributed by atoms with Crippen LogP contribution in [0.5, 0.6) is 0 Å². The third-order valence-corrected chi connectivity index (χ3v) is 1.47. The van der Waals surface area contributed by atoms with E-state index in [0.29, 0.717) is 0 Å². The van der Waals surface area contributed by atoms with E-state index in [1.807, 2.05) is 13.0 Å². The molecule has 0 aromatic heterocycles. The predicted octanol–water partition coefficient (Wildman–Crippen LogP) is 2.70. The molecule has 0 aliphatic carbocycles. The summed E-state index contributed by atoms with van der Waals surface area (Å²) in [6.45, 7) is 5.55. The Kier molecular flexibility index (Phi) is 5.78. The molecule has 0 N–H and O–H groups in total. The number of halogens is 1. The fourth-order valence-corrected chi connectivity index (χ4v) is 0.960. The summed E-state index contributed by atoms with van der Waals surface area (Å²) in [6, 6.07) is 0. The third kappa shape index (κ3) is 6.38. The highest BCUT2D eigenvalue weighted by molar-refractivity contribution is 7.99. The van der Waals surface area contributed by atoms with Crippen molar-refractivity contribution in [2.75, 3.05) is 11.5 Å². The average Bonchev–Trinajstić information content (AvgIpc) is 1.66. The summed E-state index contributed by atoms with van der Waals surface area (Å²) in [7, 11) is 0. The zero-order valence-corrected chi connectivity index (χ0v) is 6.56. The van der Waals surface area contributed by atoms with Crippen molar-refractivity contribution in [3.8, 4) is 0 Å². The van der Waals surface area contributed by atoms with Crippen LogP contribution < -0.4 is 0 Å². The van der Waals surface area contributed by atoms with Crippen LogP contribution in [0.3, 0.4) is 0 Å². The van der Waals surface area contributed by atoms with Crippen molar-refractivity contribution in [2.45, 2.75) is 6.92 Å². The molecule has 0 nitrogen and oxygen atoms in total. The molecule has 0 aliphatic rings. The van der Waals surface area contributed by atoms with Crippen LogP contribution in [0, 0.1) is 6.92 Å². The van der Waals surface area contributed by atoms with Gasteiger partial charge in [-0.25, -0.2) is 0 Å². The monoisotopic (exact) mass is 149 g/mol. The second-order valence-electron chi connectivity index (χ2n) is 1.37. The van der Waals surface area contributed by atoms with Crippen LogP contribution in [0.4, 0.5) is 0 Å². The quantitative estimate of drug-likeness (QED) is 0.556. The molecule has 0 heterocycles. The van der Waals surface area contributed by atoms with Gasteiger partial charge in [0.15, 0.2) is 0 Å². The Morgan fingerprint density at radius 3 is 2.88 bits per heavy atom. The summed E-state index contributed by atoms with van der Waals surface area (Å²) in [6.07, 6.45) is 1.98. The molecule has 0 unspecified atom stereocenters. The molecular weight excluding hydrogens is 140 g/mol. The summed E-state index contributed by atoms with van der Waals surface area (Å²) in [5.74, 6) is 1.90. The van der Waals surface area contributed by atoms with Crippen molar-refractivity contribution in [1.29, 1.82) is 0 Å². The molecular formula is C6H10ClS. The minimum atomic E-state index is 0.867. The maximum Gasteiger partial charge on any atom is 0.0127 e. The zero-order valence-electron chi connectivity index (χ0n) is 4.98. The highest BCUT2D eigenvalue weighted by Crippen LogP contribution is 2.03. The van der Waals surface area contributed by atoms with Gasteiger partial charge in [-0.05, 0) is 19.6 Å². The molecule has 0 fully saturated rings. The van der Waals surface area contributed by atoms with E-state index in [0.717, 1.165) is 16.5 Å². The van der Waals surface area contributed by atoms with Crippen LogP contribution >= 0.6 is 23.4 Å². The van der Waals surface area contributed by atoms with Gasteiger partial charge in [0.25, 0.3) is 0 Å². The van der Waals surface area contributed by atoms with Crippen LogP contribution in [0.1, 0.15) is 6.92 Å². The molecule has 0 aliphatic heterocycles. The van der Waals surface area contributed by atoms with Gasteiger partial charge < -0.3 is 0 Å². The van der Waals surface area contributed by atoms with Crippen LogP contribution in [0.2, 0.25) is 0 Å². The molecule has 0 saturated carbocycles. The van der Waals surface area contributed by atoms with Gasteiger partial charge in [-0.1, -0.05) is 17.7 Å². The molecule has 0 amide bonds. The molecule has 8 heavy (non-hydrogen) atoms. The summed E-state index contributed by atoms with van der Waals surface area (Å²) >= 11 is 7.31. The van der Waals surface area contributed by atoms with Crippen molar-refractivity contribution in [1.82, 2.24) is 0 Å². The SMILES string of the molecule is [CH2]CSC/C=C(/C)Cl. The van der Waals surface area contributed by atoms with Crippen LogP contribution in [0.15, 0.2) is 11.1 Å². The lowest BCUT2D eigenvalue weighted by atomic mass is 10.6. The molecule has 0 bridgehead atoms. The Hall–Kier alpha value is 0.380. The fraction of sp³-hybridized carbons (Fsp3) is 0.500. The maximum atomic E-state index is 5.54. The van der Waals surface area contributed by atoms with Crippen molar-refractivity contribution in [3.05, 3.63) is 18.0 Å². The second-order valence-corrected chi connectivity index (χ2v) is 3.11. The molecule has 0 rings (SSSR count). The van der Waals surface area contributed by atoms with E-state index >= 15 is 0 Å². The van der Waals surface area contributed by atoms with E-state index in [1.54, 1.807) is 11.8 Å². The topological polar surface area (TPSA) is 0 Å². The highest BCUT2D eigenvalue weighted by Gasteiger charge is 1.79. The summed E-state index contributed by atoms with van der Waals surface area (Å²) in [5.41, 5.74) is 0. The Morgan fingerprint density at radius 2 is 2.50 bits per heavy atom. The Morgan fingerprint density at radius 1 is 1.88 bits per heavy atom. The maximum absolute atomic E-state index is 5.54. The first-order valence-corrected chi connectivity index (χ1v) is 4.00. The van der Waals surface area contributed by atoms with Crippen molar-refractivity contribution >= 4 is 23.4 Å². The van der Waals surface area contributed by atoms with Gasteiger partial charge in [-0.15, -0.1) is 0 Å². The molecule has 1 radical (unpaired) electrons. The molecule has 0 aromatic carbocycles. The largest absolute Gasteiger partial charge is 0.158 e. The fourth-order valence-electron chi connectivity index (χ4n) is 0.257.